The van der Waals surface area contributed by atoms with Gasteiger partial charge in [-0.2, -0.15) is 0 Å². The van der Waals surface area contributed by atoms with E-state index in [-0.39, 0.29) is 6.04 Å². The third-order valence-corrected chi connectivity index (χ3v) is 3.84. The van der Waals surface area contributed by atoms with Crippen molar-refractivity contribution in [3.05, 3.63) is 24.0 Å². The van der Waals surface area contributed by atoms with Crippen LogP contribution in [0, 0.1) is 5.92 Å². The van der Waals surface area contributed by atoms with Crippen molar-refractivity contribution in [2.45, 2.75) is 58.1 Å². The summed E-state index contributed by atoms with van der Waals surface area (Å²) in [5, 5.41) is 0. The Balaban J connectivity index is 1.92. The number of nitrogens with two attached hydrogens (primary N) is 1. The monoisotopic (exact) mass is 248 g/mol. The molecule has 3 atom stereocenters. The van der Waals surface area contributed by atoms with Crippen LogP contribution in [0.1, 0.15) is 57.7 Å². The summed E-state index contributed by atoms with van der Waals surface area (Å²) >= 11 is 0. The molecule has 1 saturated carbocycles. The van der Waals surface area contributed by atoms with Gasteiger partial charge in [0.25, 0.3) is 0 Å². The van der Waals surface area contributed by atoms with Crippen LogP contribution >= 0.6 is 0 Å². The minimum absolute atomic E-state index is 0.0156. The maximum Gasteiger partial charge on any atom is 0.138 e. The molecule has 1 heterocycles. The molecule has 2 rings (SSSR count). The van der Waals surface area contributed by atoms with E-state index in [0.717, 1.165) is 17.4 Å². The second-order valence-corrected chi connectivity index (χ2v) is 5.39. The van der Waals surface area contributed by atoms with Crippen LogP contribution in [-0.4, -0.2) is 11.1 Å². The van der Waals surface area contributed by atoms with Gasteiger partial charge in [0.15, 0.2) is 0 Å². The molecule has 1 aliphatic rings. The third kappa shape index (κ3) is 3.45. The lowest BCUT2D eigenvalue weighted by Crippen LogP contribution is -2.25. The third-order valence-electron chi connectivity index (χ3n) is 3.84. The molecule has 1 fully saturated rings. The van der Waals surface area contributed by atoms with Crippen molar-refractivity contribution in [1.29, 1.82) is 0 Å². The molecule has 1 aromatic heterocycles. The molecule has 3 heteroatoms. The fraction of sp³-hybridized carbons (Fsp3) is 0.667. The van der Waals surface area contributed by atoms with Gasteiger partial charge in [-0.15, -0.1) is 0 Å². The summed E-state index contributed by atoms with van der Waals surface area (Å²) in [5.41, 5.74) is 6.70. The highest BCUT2D eigenvalue weighted by Gasteiger charge is 2.22. The lowest BCUT2D eigenvalue weighted by Gasteiger charge is -2.28. The highest BCUT2D eigenvalue weighted by molar-refractivity contribution is 5.21. The van der Waals surface area contributed by atoms with E-state index in [1.54, 1.807) is 6.20 Å². The molecule has 0 amide bonds. The average Bonchev–Trinajstić information content (AvgIpc) is 2.39. The maximum absolute atomic E-state index is 6.02. The average molecular weight is 248 g/mol. The molecule has 18 heavy (non-hydrogen) atoms. The molecule has 0 radical (unpaired) electrons. The van der Waals surface area contributed by atoms with Gasteiger partial charge in [-0.25, -0.2) is 0 Å². The Bertz CT molecular complexity index is 361. The number of hydrogen-bond donors (Lipinski definition) is 1. The number of hydrogen-bond acceptors (Lipinski definition) is 3. The van der Waals surface area contributed by atoms with Crippen LogP contribution in [0.15, 0.2) is 18.3 Å². The van der Waals surface area contributed by atoms with Gasteiger partial charge < -0.3 is 10.5 Å². The summed E-state index contributed by atoms with van der Waals surface area (Å²) in [5.74, 6) is 1.71. The van der Waals surface area contributed by atoms with Crippen LogP contribution in [0.3, 0.4) is 0 Å². The van der Waals surface area contributed by atoms with Gasteiger partial charge in [0.05, 0.1) is 18.0 Å². The first-order valence-electron chi connectivity index (χ1n) is 7.07. The zero-order chi connectivity index (χ0) is 13.0. The first-order chi connectivity index (χ1) is 8.69. The highest BCUT2D eigenvalue weighted by Crippen LogP contribution is 2.29. The number of ether oxygens (including phenoxy) is 1. The lowest BCUT2D eigenvalue weighted by molar-refractivity contribution is 0.121. The Hall–Kier alpha value is -1.09. The Morgan fingerprint density at radius 2 is 2.28 bits per heavy atom. The summed E-state index contributed by atoms with van der Waals surface area (Å²) in [6.07, 6.45) is 8.44. The molecule has 2 unspecified atom stereocenters. The molecule has 0 aliphatic heterocycles. The minimum atomic E-state index is -0.0156. The predicted octanol–water partition coefficient (Wildman–Crippen LogP) is 3.45. The van der Waals surface area contributed by atoms with Crippen LogP contribution in [0.2, 0.25) is 0 Å². The molecule has 0 aromatic carbocycles. The fourth-order valence-electron chi connectivity index (χ4n) is 2.64. The molecule has 0 spiro atoms. The number of aromatic nitrogens is 1. The van der Waals surface area contributed by atoms with E-state index >= 15 is 0 Å². The van der Waals surface area contributed by atoms with Crippen LogP contribution in [-0.2, 0) is 0 Å². The molecule has 3 nitrogen and oxygen atoms in total. The van der Waals surface area contributed by atoms with Gasteiger partial charge in [0.1, 0.15) is 5.75 Å². The van der Waals surface area contributed by atoms with Crippen LogP contribution < -0.4 is 10.5 Å². The van der Waals surface area contributed by atoms with E-state index in [1.165, 1.54) is 32.1 Å². The largest absolute Gasteiger partial charge is 0.489 e. The van der Waals surface area contributed by atoms with Gasteiger partial charge in [0.2, 0.25) is 0 Å². The summed E-state index contributed by atoms with van der Waals surface area (Å²) in [6, 6.07) is 3.93. The van der Waals surface area contributed by atoms with E-state index in [0.29, 0.717) is 6.10 Å². The first-order valence-corrected chi connectivity index (χ1v) is 7.07. The van der Waals surface area contributed by atoms with Crippen LogP contribution in [0.5, 0.6) is 5.75 Å². The van der Waals surface area contributed by atoms with Gasteiger partial charge in [-0.3, -0.25) is 4.98 Å². The predicted molar refractivity (Wildman–Crippen MR) is 73.5 cm³/mol. The second kappa shape index (κ2) is 6.19. The van der Waals surface area contributed by atoms with Crippen molar-refractivity contribution in [1.82, 2.24) is 4.98 Å². The Kier molecular flexibility index (Phi) is 4.59. The maximum atomic E-state index is 6.02. The molecule has 0 bridgehead atoms. The topological polar surface area (TPSA) is 48.1 Å². The minimum Gasteiger partial charge on any atom is -0.489 e. The second-order valence-electron chi connectivity index (χ2n) is 5.39. The smallest absolute Gasteiger partial charge is 0.138 e. The lowest BCUT2D eigenvalue weighted by atomic mass is 9.85. The number of nitrogens with zero attached hydrogens (tertiary/aromatic N) is 1. The highest BCUT2D eigenvalue weighted by atomic mass is 16.5. The normalized spacial score (nSPS) is 25.7. The van der Waals surface area contributed by atoms with Crippen molar-refractivity contribution in [3.8, 4) is 5.75 Å². The first kappa shape index (κ1) is 13.3. The number of pyridine rings is 1. The molecule has 0 saturated heterocycles. The fourth-order valence-corrected chi connectivity index (χ4v) is 2.64. The molecular weight excluding hydrogens is 224 g/mol. The Morgan fingerprint density at radius 3 is 2.89 bits per heavy atom. The number of rotatable bonds is 4. The summed E-state index contributed by atoms with van der Waals surface area (Å²) in [4.78, 5) is 4.33. The van der Waals surface area contributed by atoms with E-state index in [1.807, 2.05) is 19.1 Å². The van der Waals surface area contributed by atoms with E-state index in [2.05, 4.69) is 11.9 Å². The SMILES string of the molecule is CCC1CCCC(Oc2ccc([C@H](C)N)nc2)C1. The van der Waals surface area contributed by atoms with Crippen molar-refractivity contribution in [2.75, 3.05) is 0 Å². The van der Waals surface area contributed by atoms with Crippen molar-refractivity contribution in [2.24, 2.45) is 11.7 Å². The molecule has 1 aliphatic carbocycles. The summed E-state index contributed by atoms with van der Waals surface area (Å²) in [7, 11) is 0. The Labute approximate surface area is 110 Å². The summed E-state index contributed by atoms with van der Waals surface area (Å²) < 4.78 is 6.02. The van der Waals surface area contributed by atoms with Gasteiger partial charge in [0, 0.05) is 6.04 Å². The van der Waals surface area contributed by atoms with Crippen molar-refractivity contribution >= 4 is 0 Å². The zero-order valence-electron chi connectivity index (χ0n) is 11.4. The van der Waals surface area contributed by atoms with Gasteiger partial charge in [-0.05, 0) is 44.2 Å². The van der Waals surface area contributed by atoms with Gasteiger partial charge in [-0.1, -0.05) is 19.8 Å². The van der Waals surface area contributed by atoms with Gasteiger partial charge >= 0.3 is 0 Å². The van der Waals surface area contributed by atoms with Crippen LogP contribution in [0.4, 0.5) is 0 Å². The molecule has 100 valence electrons. The van der Waals surface area contributed by atoms with E-state index in [4.69, 9.17) is 10.5 Å². The van der Waals surface area contributed by atoms with Crippen molar-refractivity contribution in [3.63, 3.8) is 0 Å². The molecular formula is C15H24N2O. The van der Waals surface area contributed by atoms with E-state index in [9.17, 15) is 0 Å². The quantitative estimate of drug-likeness (QED) is 0.887. The van der Waals surface area contributed by atoms with E-state index < -0.39 is 0 Å². The summed E-state index contributed by atoms with van der Waals surface area (Å²) in [6.45, 7) is 4.21. The van der Waals surface area contributed by atoms with Crippen molar-refractivity contribution < 1.29 is 4.74 Å². The molecule has 1 aromatic rings. The standard InChI is InChI=1S/C15H24N2O/c1-3-12-5-4-6-13(9-12)18-14-7-8-15(11(2)16)17-10-14/h7-8,10-13H,3-6,9,16H2,1-2H3/t11-,12?,13?/m0/s1. The molecule has 2 N–H and O–H groups in total. The Morgan fingerprint density at radius 1 is 1.44 bits per heavy atom. The van der Waals surface area contributed by atoms with Crippen LogP contribution in [0.25, 0.3) is 0 Å². The zero-order valence-corrected chi connectivity index (χ0v) is 11.4.